The van der Waals surface area contributed by atoms with Crippen molar-refractivity contribution in [2.45, 2.75) is 174 Å². The Kier molecular flexibility index (Phi) is 10.2. The van der Waals surface area contributed by atoms with Crippen LogP contribution in [0.3, 0.4) is 0 Å². The van der Waals surface area contributed by atoms with Crippen LogP contribution < -0.4 is 0 Å². The zero-order chi connectivity index (χ0) is 38.7. The molecule has 9 unspecified atom stereocenters. The summed E-state index contributed by atoms with van der Waals surface area (Å²) in [5, 5.41) is 72.7. The lowest BCUT2D eigenvalue weighted by Crippen LogP contribution is -2.65. The van der Waals surface area contributed by atoms with Crippen LogP contribution in [0, 0.1) is 50.2 Å². The Morgan fingerprint density at radius 1 is 0.774 bits per heavy atom. The summed E-state index contributed by atoms with van der Waals surface area (Å²) in [6.45, 7) is 15.7. The van der Waals surface area contributed by atoms with Crippen molar-refractivity contribution in [2.75, 3.05) is 13.2 Å². The first-order valence-electron chi connectivity index (χ1n) is 20.2. The molecule has 4 saturated carbocycles. The second-order valence-corrected chi connectivity index (χ2v) is 20.2. The maximum atomic E-state index is 13.0. The van der Waals surface area contributed by atoms with Crippen LogP contribution in [0.4, 0.5) is 0 Å². The summed E-state index contributed by atoms with van der Waals surface area (Å²) < 4.78 is 23.7. The number of carbonyl (C=O) groups is 1. The van der Waals surface area contributed by atoms with Gasteiger partial charge < -0.3 is 54.7 Å². The molecule has 12 nitrogen and oxygen atoms in total. The van der Waals surface area contributed by atoms with E-state index in [1.165, 1.54) is 5.57 Å². The minimum atomic E-state index is -1.60. The zero-order valence-electron chi connectivity index (χ0n) is 32.7. The zero-order valence-corrected chi connectivity index (χ0v) is 32.7. The molecule has 2 aliphatic heterocycles. The highest BCUT2D eigenvalue weighted by atomic mass is 16.7. The number of aliphatic hydroxyl groups excluding tert-OH is 6. The van der Waals surface area contributed by atoms with Crippen molar-refractivity contribution < 1.29 is 59.5 Å². The maximum Gasteiger partial charge on any atom is 0.310 e. The first-order chi connectivity index (χ1) is 24.7. The molecule has 53 heavy (non-hydrogen) atoms. The van der Waals surface area contributed by atoms with Gasteiger partial charge in [0, 0.05) is 0 Å². The average Bonchev–Trinajstić information content (AvgIpc) is 3.35. The molecule has 5 aliphatic carbocycles. The van der Waals surface area contributed by atoms with Gasteiger partial charge in [0.15, 0.2) is 12.6 Å². The Morgan fingerprint density at radius 3 is 2.09 bits per heavy atom. The normalized spacial score (nSPS) is 53.1. The molecule has 6 fully saturated rings. The van der Waals surface area contributed by atoms with Crippen LogP contribution in [0.15, 0.2) is 11.6 Å². The molecular formula is C41H66O12. The van der Waals surface area contributed by atoms with Crippen LogP contribution in [-0.2, 0) is 23.7 Å². The Bertz CT molecular complexity index is 1430. The second-order valence-electron chi connectivity index (χ2n) is 20.2. The van der Waals surface area contributed by atoms with E-state index in [-0.39, 0.29) is 45.7 Å². The minimum absolute atomic E-state index is 0.0189. The second kappa shape index (κ2) is 13.5. The highest BCUT2D eigenvalue weighted by Crippen LogP contribution is 2.76. The predicted octanol–water partition coefficient (Wildman–Crippen LogP) is 3.52. The molecule has 0 spiro atoms. The Morgan fingerprint density at radius 2 is 1.42 bits per heavy atom. The van der Waals surface area contributed by atoms with Crippen molar-refractivity contribution in [3.8, 4) is 0 Å². The molecule has 0 aromatic carbocycles. The molecule has 17 atom stereocenters. The third-order valence-corrected chi connectivity index (χ3v) is 16.9. The van der Waals surface area contributed by atoms with Gasteiger partial charge in [0.1, 0.15) is 42.7 Å². The fourth-order valence-corrected chi connectivity index (χ4v) is 13.4. The van der Waals surface area contributed by atoms with Crippen LogP contribution in [0.25, 0.3) is 0 Å². The van der Waals surface area contributed by atoms with Gasteiger partial charge in [-0.05, 0) is 109 Å². The number of carboxylic acid groups (broad SMARTS) is 1. The van der Waals surface area contributed by atoms with E-state index in [1.54, 1.807) is 0 Å². The molecule has 2 heterocycles. The van der Waals surface area contributed by atoms with Crippen LogP contribution in [0.1, 0.15) is 113 Å². The number of carboxylic acids is 1. The SMILES string of the molecule is CC1(C)CC[C@]2(C(=O)O)CC[C@]3(C)C(=CC[C@@H]4[C@@]5(C)CC[C@H](OC6OC(COC7OC(CO)C(O)C(O)C7O)C(O)C6O)C(C)(C)[C@@H]5CC[C@]43C)[C@@H]2C1. The number of hydrogen-bond donors (Lipinski definition) is 7. The number of aliphatic carboxylic acids is 1. The van der Waals surface area contributed by atoms with E-state index in [4.69, 9.17) is 18.9 Å². The van der Waals surface area contributed by atoms with Gasteiger partial charge in [0.05, 0.1) is 24.7 Å². The van der Waals surface area contributed by atoms with Crippen LogP contribution in [0.5, 0.6) is 0 Å². The van der Waals surface area contributed by atoms with E-state index >= 15 is 0 Å². The molecule has 302 valence electrons. The van der Waals surface area contributed by atoms with Gasteiger partial charge in [-0.3, -0.25) is 4.79 Å². The van der Waals surface area contributed by atoms with Gasteiger partial charge in [-0.25, -0.2) is 0 Å². The Balaban J connectivity index is 1.06. The summed E-state index contributed by atoms with van der Waals surface area (Å²) in [5.74, 6) is 0.219. The lowest BCUT2D eigenvalue weighted by atomic mass is 9.33. The van der Waals surface area contributed by atoms with Crippen molar-refractivity contribution >= 4 is 5.97 Å². The lowest BCUT2D eigenvalue weighted by Gasteiger charge is -2.71. The predicted molar refractivity (Wildman–Crippen MR) is 192 cm³/mol. The number of rotatable bonds is 7. The molecule has 0 aromatic heterocycles. The van der Waals surface area contributed by atoms with Crippen molar-refractivity contribution in [1.82, 2.24) is 0 Å². The number of hydrogen-bond acceptors (Lipinski definition) is 11. The minimum Gasteiger partial charge on any atom is -0.481 e. The molecule has 0 radical (unpaired) electrons. The summed E-state index contributed by atoms with van der Waals surface area (Å²) in [6.07, 6.45) is -0.777. The summed E-state index contributed by atoms with van der Waals surface area (Å²) in [5.41, 5.74) is 0.586. The smallest absolute Gasteiger partial charge is 0.310 e. The fraction of sp³-hybridized carbons (Fsp3) is 0.927. The highest BCUT2D eigenvalue weighted by molar-refractivity contribution is 5.76. The van der Waals surface area contributed by atoms with Gasteiger partial charge >= 0.3 is 5.97 Å². The van der Waals surface area contributed by atoms with E-state index in [0.29, 0.717) is 11.8 Å². The van der Waals surface area contributed by atoms with Crippen molar-refractivity contribution in [3.63, 3.8) is 0 Å². The first kappa shape index (κ1) is 40.0. The topological polar surface area (TPSA) is 196 Å². The first-order valence-corrected chi connectivity index (χ1v) is 20.2. The summed E-state index contributed by atoms with van der Waals surface area (Å²) >= 11 is 0. The molecule has 7 N–H and O–H groups in total. The Labute approximate surface area is 314 Å². The molecule has 0 aromatic rings. The maximum absolute atomic E-state index is 13.0. The standard InChI is InChI=1S/C41H66O12/c1-36(2)14-16-41(35(48)49)17-15-39(6)21(22(41)18-36)8-9-26-38(5)12-11-27(37(3,4)25(38)10-13-40(26,39)7)53-34-31(46)29(44)24(52-34)20-50-33-32(47)30(45)28(43)23(19-42)51-33/h8,22-34,42-47H,9-20H2,1-7H3,(H,48,49)/t22-,23?,24?,25-,26+,27-,28?,29?,30?,31?,32?,33?,34?,38-,39+,40+,41-/m0/s1. The van der Waals surface area contributed by atoms with Gasteiger partial charge in [0.2, 0.25) is 0 Å². The average molecular weight is 751 g/mol. The van der Waals surface area contributed by atoms with Crippen molar-refractivity contribution in [1.29, 1.82) is 0 Å². The summed E-state index contributed by atoms with van der Waals surface area (Å²) in [7, 11) is 0. The number of fused-ring (bicyclic) bond motifs is 7. The molecule has 7 aliphatic rings. The monoisotopic (exact) mass is 750 g/mol. The van der Waals surface area contributed by atoms with E-state index in [9.17, 15) is 40.5 Å². The molecular weight excluding hydrogens is 684 g/mol. The molecule has 0 bridgehead atoms. The number of ether oxygens (including phenoxy) is 4. The van der Waals surface area contributed by atoms with Crippen molar-refractivity contribution in [3.05, 3.63) is 11.6 Å². The molecule has 2 saturated heterocycles. The van der Waals surface area contributed by atoms with E-state index < -0.39 is 73.3 Å². The van der Waals surface area contributed by atoms with Gasteiger partial charge in [-0.15, -0.1) is 0 Å². The van der Waals surface area contributed by atoms with E-state index in [0.717, 1.165) is 64.2 Å². The van der Waals surface area contributed by atoms with E-state index in [1.807, 2.05) is 0 Å². The summed E-state index contributed by atoms with van der Waals surface area (Å²) in [6, 6.07) is 0. The van der Waals surface area contributed by atoms with Crippen LogP contribution in [-0.4, -0.2) is 116 Å². The Hall–Kier alpha value is -1.19. The van der Waals surface area contributed by atoms with Gasteiger partial charge in [-0.1, -0.05) is 60.1 Å². The third-order valence-electron chi connectivity index (χ3n) is 16.9. The number of aliphatic hydroxyl groups is 6. The van der Waals surface area contributed by atoms with Crippen LogP contribution >= 0.6 is 0 Å². The molecule has 12 heteroatoms. The van der Waals surface area contributed by atoms with E-state index in [2.05, 4.69) is 54.5 Å². The quantitative estimate of drug-likeness (QED) is 0.188. The van der Waals surface area contributed by atoms with Gasteiger partial charge in [0.25, 0.3) is 0 Å². The number of allylic oxidation sites excluding steroid dienone is 2. The van der Waals surface area contributed by atoms with Gasteiger partial charge in [-0.2, -0.15) is 0 Å². The fourth-order valence-electron chi connectivity index (χ4n) is 13.4. The molecule has 0 amide bonds. The van der Waals surface area contributed by atoms with Crippen molar-refractivity contribution in [2.24, 2.45) is 50.2 Å². The molecule has 7 rings (SSSR count). The highest BCUT2D eigenvalue weighted by Gasteiger charge is 2.69. The van der Waals surface area contributed by atoms with Crippen LogP contribution in [0.2, 0.25) is 0 Å². The third kappa shape index (κ3) is 5.94. The summed E-state index contributed by atoms with van der Waals surface area (Å²) in [4.78, 5) is 13.0. The largest absolute Gasteiger partial charge is 0.481 e. The lowest BCUT2D eigenvalue weighted by molar-refractivity contribution is -0.308.